The number of aromatic nitrogens is 3. The maximum absolute atomic E-state index is 13.0. The van der Waals surface area contributed by atoms with Crippen LogP contribution in [0.5, 0.6) is 11.5 Å². The molecule has 0 aliphatic carbocycles. The van der Waals surface area contributed by atoms with E-state index in [1.165, 1.54) is 4.68 Å². The summed E-state index contributed by atoms with van der Waals surface area (Å²) in [6.45, 7) is 5.13. The van der Waals surface area contributed by atoms with Gasteiger partial charge in [-0.25, -0.2) is 4.79 Å². The van der Waals surface area contributed by atoms with Crippen molar-refractivity contribution in [2.75, 3.05) is 20.3 Å². The number of nitrogens with one attached hydrogen (secondary N) is 3. The summed E-state index contributed by atoms with van der Waals surface area (Å²) in [5.41, 5.74) is 9.34. The van der Waals surface area contributed by atoms with Crippen molar-refractivity contribution < 1.29 is 24.2 Å². The molecule has 4 rings (SSSR count). The molecule has 43 heavy (non-hydrogen) atoms. The van der Waals surface area contributed by atoms with Crippen LogP contribution in [0.4, 0.5) is 0 Å². The van der Waals surface area contributed by atoms with Crippen molar-refractivity contribution in [1.29, 1.82) is 5.41 Å². The van der Waals surface area contributed by atoms with E-state index in [2.05, 4.69) is 10.3 Å². The van der Waals surface area contributed by atoms with Crippen molar-refractivity contribution in [2.45, 2.75) is 33.1 Å². The molecule has 0 radical (unpaired) electrons. The Morgan fingerprint density at radius 3 is 2.37 bits per heavy atom. The number of rotatable bonds is 11. The number of carbonyl (C=O) groups excluding carboxylic acids is 1. The summed E-state index contributed by atoms with van der Waals surface area (Å²) in [4.78, 5) is 36.7. The van der Waals surface area contributed by atoms with Crippen LogP contribution in [0.3, 0.4) is 0 Å². The zero-order valence-electron chi connectivity index (χ0n) is 24.5. The number of H-pyrrole nitrogens is 1. The number of benzene rings is 3. The molecule has 1 amide bonds. The Morgan fingerprint density at radius 1 is 1.09 bits per heavy atom. The molecule has 1 heterocycles. The summed E-state index contributed by atoms with van der Waals surface area (Å²) >= 11 is 0. The molecule has 1 atom stereocenters. The maximum atomic E-state index is 13.0. The molecule has 1 aromatic heterocycles. The molecular formula is C31H36N6O6. The molecule has 0 aliphatic heterocycles. The van der Waals surface area contributed by atoms with Crippen molar-refractivity contribution in [2.24, 2.45) is 5.73 Å². The molecule has 3 aromatic carbocycles. The number of carboxylic acid groups (broad SMARTS) is 1. The number of nitrogens with two attached hydrogens (primary N) is 1. The first-order valence-electron chi connectivity index (χ1n) is 13.5. The van der Waals surface area contributed by atoms with E-state index in [1.54, 1.807) is 25.2 Å². The Hall–Kier alpha value is -5.39. The molecule has 226 valence electrons. The number of ether oxygens (including phenoxy) is 2. The number of nitrogen functional groups attached to an aromatic ring is 1. The lowest BCUT2D eigenvalue weighted by Crippen LogP contribution is -2.25. The van der Waals surface area contributed by atoms with Gasteiger partial charge in [0.25, 0.3) is 11.9 Å². The summed E-state index contributed by atoms with van der Waals surface area (Å²) in [6, 6.07) is 20.4. The van der Waals surface area contributed by atoms with Crippen molar-refractivity contribution >= 4 is 17.7 Å². The fourth-order valence-corrected chi connectivity index (χ4v) is 4.23. The van der Waals surface area contributed by atoms with Gasteiger partial charge in [0.1, 0.15) is 11.7 Å². The first-order valence-corrected chi connectivity index (χ1v) is 13.5. The fourth-order valence-electron chi connectivity index (χ4n) is 4.23. The number of carbonyl (C=O) groups is 2. The van der Waals surface area contributed by atoms with Crippen LogP contribution in [0, 0.1) is 12.3 Å². The number of amidine groups is 1. The maximum Gasteiger partial charge on any atom is 0.348 e. The number of nitrogens with zero attached hydrogens (tertiary/aromatic N) is 2. The minimum absolute atomic E-state index is 0.00639. The summed E-state index contributed by atoms with van der Waals surface area (Å²) in [5, 5.41) is 22.3. The van der Waals surface area contributed by atoms with Crippen molar-refractivity contribution in [3.8, 4) is 17.2 Å². The Balaban J connectivity index is 0.00000119. The minimum Gasteiger partial charge on any atom is -0.490 e. The molecule has 0 bridgehead atoms. The average molecular weight is 589 g/mol. The van der Waals surface area contributed by atoms with Gasteiger partial charge in [0.15, 0.2) is 18.1 Å². The fraction of sp³-hybridized carbons (Fsp3) is 0.258. The molecule has 4 aromatic rings. The van der Waals surface area contributed by atoms with Gasteiger partial charge in [0, 0.05) is 25.5 Å². The van der Waals surface area contributed by atoms with Crippen LogP contribution in [0.1, 0.15) is 47.8 Å². The van der Waals surface area contributed by atoms with Crippen LogP contribution >= 0.6 is 0 Å². The van der Waals surface area contributed by atoms with Crippen LogP contribution in [0.15, 0.2) is 71.5 Å². The van der Waals surface area contributed by atoms with Crippen molar-refractivity contribution in [1.82, 2.24) is 20.1 Å². The van der Waals surface area contributed by atoms with E-state index in [4.69, 9.17) is 35.6 Å². The third-order valence-electron chi connectivity index (χ3n) is 6.32. The number of likely N-dealkylation sites (N-methyl/N-ethyl adjacent to an activating group) is 1. The first kappa shape index (κ1) is 32.1. The van der Waals surface area contributed by atoms with Gasteiger partial charge >= 0.3 is 5.69 Å². The number of aliphatic carboxylic acids is 1. The second kappa shape index (κ2) is 15.0. The number of hydrogen-bond donors (Lipinski definition) is 5. The minimum atomic E-state index is -0.833. The van der Waals surface area contributed by atoms with Gasteiger partial charge in [-0.15, -0.1) is 5.10 Å². The second-order valence-corrected chi connectivity index (χ2v) is 9.50. The van der Waals surface area contributed by atoms with Gasteiger partial charge in [-0.3, -0.25) is 20.0 Å². The first-order chi connectivity index (χ1) is 20.5. The molecular weight excluding hydrogens is 552 g/mol. The second-order valence-electron chi connectivity index (χ2n) is 9.50. The van der Waals surface area contributed by atoms with Crippen LogP contribution in [0.25, 0.3) is 5.69 Å². The third-order valence-corrected chi connectivity index (χ3v) is 6.32. The standard InChI is InChI=1S/C29H32N6O4.C2H4O2/c1-4-38-25-16-21(13-14-24(25)39-17-26(36)32-3)22(15-19-9-11-20(12-10-19)27(30)31)28-33-29(37)35(34-28)23-8-6-5-7-18(23)2;1-2(3)4/h5-14,16,22H,4,15,17H2,1-3H3,(H3,30,31)(H,32,36)(H,33,34,37);1H3,(H,3,4). The van der Waals surface area contributed by atoms with Crippen LogP contribution < -0.4 is 26.2 Å². The number of para-hydroxylation sites is 1. The van der Waals surface area contributed by atoms with Crippen LogP contribution in [-0.2, 0) is 16.0 Å². The Kier molecular flexibility index (Phi) is 11.2. The highest BCUT2D eigenvalue weighted by molar-refractivity contribution is 5.94. The highest BCUT2D eigenvalue weighted by Gasteiger charge is 2.23. The molecule has 1 unspecified atom stereocenters. The topological polar surface area (TPSA) is 185 Å². The summed E-state index contributed by atoms with van der Waals surface area (Å²) in [7, 11) is 1.54. The quantitative estimate of drug-likeness (QED) is 0.131. The van der Waals surface area contributed by atoms with Gasteiger partial charge in [-0.2, -0.15) is 4.68 Å². The normalized spacial score (nSPS) is 11.1. The molecule has 0 spiro atoms. The zero-order valence-corrected chi connectivity index (χ0v) is 24.5. The Bertz CT molecular complexity index is 1620. The smallest absolute Gasteiger partial charge is 0.348 e. The summed E-state index contributed by atoms with van der Waals surface area (Å²) in [6.07, 6.45) is 0.503. The van der Waals surface area contributed by atoms with E-state index in [-0.39, 0.29) is 30.0 Å². The van der Waals surface area contributed by atoms with E-state index in [0.717, 1.165) is 23.6 Å². The van der Waals surface area contributed by atoms with Gasteiger partial charge in [-0.05, 0) is 55.2 Å². The van der Waals surface area contributed by atoms with Gasteiger partial charge in [0.2, 0.25) is 0 Å². The van der Waals surface area contributed by atoms with E-state index >= 15 is 0 Å². The average Bonchev–Trinajstić information content (AvgIpc) is 3.36. The molecule has 0 saturated carbocycles. The number of carboxylic acids is 1. The molecule has 0 saturated heterocycles. The zero-order chi connectivity index (χ0) is 31.5. The number of amides is 1. The van der Waals surface area contributed by atoms with Gasteiger partial charge < -0.3 is 25.6 Å². The predicted molar refractivity (Wildman–Crippen MR) is 162 cm³/mol. The van der Waals surface area contributed by atoms with Gasteiger partial charge in [0.05, 0.1) is 12.3 Å². The Labute approximate surface area is 249 Å². The Morgan fingerprint density at radius 2 is 1.77 bits per heavy atom. The molecule has 12 nitrogen and oxygen atoms in total. The lowest BCUT2D eigenvalue weighted by atomic mass is 9.90. The van der Waals surface area contributed by atoms with Crippen LogP contribution in [0.2, 0.25) is 0 Å². The predicted octanol–water partition coefficient (Wildman–Crippen LogP) is 3.14. The summed E-state index contributed by atoms with van der Waals surface area (Å²) < 4.78 is 12.9. The highest BCUT2D eigenvalue weighted by atomic mass is 16.5. The highest BCUT2D eigenvalue weighted by Crippen LogP contribution is 2.34. The third kappa shape index (κ3) is 8.80. The van der Waals surface area contributed by atoms with Gasteiger partial charge in [-0.1, -0.05) is 48.5 Å². The SMILES string of the molecule is CC(=O)O.CCOc1cc(C(Cc2ccc(C(=N)N)cc2)c2nn(-c3ccccc3C)c(=O)[nH]2)ccc1OCC(=O)NC. The van der Waals surface area contributed by atoms with E-state index < -0.39 is 5.97 Å². The molecule has 0 fully saturated rings. The van der Waals surface area contributed by atoms with Crippen molar-refractivity contribution in [3.63, 3.8) is 0 Å². The van der Waals surface area contributed by atoms with E-state index in [9.17, 15) is 9.59 Å². The summed E-state index contributed by atoms with van der Waals surface area (Å²) in [5.74, 6) is -0.0382. The lowest BCUT2D eigenvalue weighted by Gasteiger charge is -2.18. The number of aryl methyl sites for hydroxylation is 1. The largest absolute Gasteiger partial charge is 0.490 e. The molecule has 0 aliphatic rings. The van der Waals surface area contributed by atoms with Crippen molar-refractivity contribution in [3.05, 3.63) is 105 Å². The van der Waals surface area contributed by atoms with E-state index in [0.29, 0.717) is 41.6 Å². The molecule has 6 N–H and O–H groups in total. The lowest BCUT2D eigenvalue weighted by molar-refractivity contribution is -0.134. The number of aromatic amines is 1. The molecule has 12 heteroatoms. The number of hydrogen-bond acceptors (Lipinski definition) is 7. The van der Waals surface area contributed by atoms with E-state index in [1.807, 2.05) is 62.4 Å². The van der Waals surface area contributed by atoms with Crippen LogP contribution in [-0.4, -0.2) is 57.8 Å². The monoisotopic (exact) mass is 588 g/mol.